The lowest BCUT2D eigenvalue weighted by Gasteiger charge is -2.09. The minimum absolute atomic E-state index is 0.0608. The van der Waals surface area contributed by atoms with Crippen molar-refractivity contribution in [1.29, 1.82) is 0 Å². The molecule has 0 bridgehead atoms. The number of hydrogen-bond donors (Lipinski definition) is 2. The fourth-order valence-corrected chi connectivity index (χ4v) is 1.83. The molecule has 0 atom stereocenters. The second-order valence-electron chi connectivity index (χ2n) is 3.80. The Balaban J connectivity index is 2.38. The molecule has 106 valence electrons. The summed E-state index contributed by atoms with van der Waals surface area (Å²) < 4.78 is 18.0. The fraction of sp³-hybridized carbons (Fsp3) is 0.417. The van der Waals surface area contributed by atoms with Crippen molar-refractivity contribution < 1.29 is 13.9 Å². The highest BCUT2D eigenvalue weighted by Crippen LogP contribution is 2.27. The van der Waals surface area contributed by atoms with Gasteiger partial charge in [0, 0.05) is 25.9 Å². The van der Waals surface area contributed by atoms with E-state index in [1.807, 2.05) is 0 Å². The SMILES string of the molecule is COCCCNC(=O)CNc1cc(Cl)c(F)c(Cl)c1. The minimum atomic E-state index is -0.669. The quantitative estimate of drug-likeness (QED) is 0.601. The van der Waals surface area contributed by atoms with E-state index in [0.29, 0.717) is 18.8 Å². The van der Waals surface area contributed by atoms with Crippen LogP contribution in [0.2, 0.25) is 10.0 Å². The predicted molar refractivity (Wildman–Crippen MR) is 74.4 cm³/mol. The van der Waals surface area contributed by atoms with Crippen LogP contribution in [0.25, 0.3) is 0 Å². The van der Waals surface area contributed by atoms with Crippen molar-refractivity contribution in [3.63, 3.8) is 0 Å². The molecule has 1 aromatic rings. The van der Waals surface area contributed by atoms with Crippen LogP contribution in [0.15, 0.2) is 12.1 Å². The molecule has 1 rings (SSSR count). The molecule has 4 nitrogen and oxygen atoms in total. The first-order chi connectivity index (χ1) is 9.04. The third kappa shape index (κ3) is 5.63. The van der Waals surface area contributed by atoms with Crippen molar-refractivity contribution in [2.24, 2.45) is 0 Å². The fourth-order valence-electron chi connectivity index (χ4n) is 1.35. The molecule has 19 heavy (non-hydrogen) atoms. The largest absolute Gasteiger partial charge is 0.385 e. The number of nitrogens with one attached hydrogen (secondary N) is 2. The summed E-state index contributed by atoms with van der Waals surface area (Å²) >= 11 is 11.3. The third-order valence-corrected chi connectivity index (χ3v) is 2.83. The number of halogens is 3. The molecule has 0 radical (unpaired) electrons. The summed E-state index contributed by atoms with van der Waals surface area (Å²) in [5.74, 6) is -0.842. The van der Waals surface area contributed by atoms with Gasteiger partial charge in [0.15, 0.2) is 5.82 Å². The number of hydrogen-bond acceptors (Lipinski definition) is 3. The van der Waals surface area contributed by atoms with E-state index < -0.39 is 5.82 Å². The van der Waals surface area contributed by atoms with Crippen LogP contribution in [-0.4, -0.2) is 32.7 Å². The summed E-state index contributed by atoms with van der Waals surface area (Å²) in [7, 11) is 1.60. The van der Waals surface area contributed by atoms with Gasteiger partial charge in [-0.15, -0.1) is 0 Å². The van der Waals surface area contributed by atoms with Gasteiger partial charge in [0.25, 0.3) is 0 Å². The number of methoxy groups -OCH3 is 1. The summed E-state index contributed by atoms with van der Waals surface area (Å²) in [6.45, 7) is 1.20. The van der Waals surface area contributed by atoms with Gasteiger partial charge in [0.05, 0.1) is 16.6 Å². The number of ether oxygens (including phenoxy) is 1. The van der Waals surface area contributed by atoms with Gasteiger partial charge in [0.2, 0.25) is 5.91 Å². The van der Waals surface area contributed by atoms with Gasteiger partial charge in [-0.1, -0.05) is 23.2 Å². The third-order valence-electron chi connectivity index (χ3n) is 2.28. The lowest BCUT2D eigenvalue weighted by molar-refractivity contribution is -0.119. The Kier molecular flexibility index (Phi) is 6.91. The number of anilines is 1. The summed E-state index contributed by atoms with van der Waals surface area (Å²) in [4.78, 5) is 11.5. The van der Waals surface area contributed by atoms with Gasteiger partial charge in [-0.05, 0) is 18.6 Å². The highest BCUT2D eigenvalue weighted by molar-refractivity contribution is 6.35. The van der Waals surface area contributed by atoms with Crippen molar-refractivity contribution in [3.05, 3.63) is 28.0 Å². The Morgan fingerprint density at radius 1 is 1.37 bits per heavy atom. The molecule has 0 unspecified atom stereocenters. The van der Waals surface area contributed by atoms with E-state index in [9.17, 15) is 9.18 Å². The minimum Gasteiger partial charge on any atom is -0.385 e. The zero-order chi connectivity index (χ0) is 14.3. The number of carbonyl (C=O) groups excluding carboxylic acids is 1. The molecular weight excluding hydrogens is 294 g/mol. The summed E-state index contributed by atoms with van der Waals surface area (Å²) in [5, 5.41) is 5.35. The topological polar surface area (TPSA) is 50.4 Å². The van der Waals surface area contributed by atoms with E-state index in [-0.39, 0.29) is 22.5 Å². The van der Waals surface area contributed by atoms with Gasteiger partial charge in [-0.3, -0.25) is 4.79 Å². The van der Waals surface area contributed by atoms with Crippen molar-refractivity contribution in [2.75, 3.05) is 32.1 Å². The van der Waals surface area contributed by atoms with E-state index in [1.165, 1.54) is 12.1 Å². The highest BCUT2D eigenvalue weighted by Gasteiger charge is 2.08. The molecule has 1 aromatic carbocycles. The molecule has 0 aliphatic heterocycles. The molecule has 0 fully saturated rings. The Bertz CT molecular complexity index is 421. The highest BCUT2D eigenvalue weighted by atomic mass is 35.5. The van der Waals surface area contributed by atoms with E-state index in [4.69, 9.17) is 27.9 Å². The van der Waals surface area contributed by atoms with Crippen LogP contribution in [-0.2, 0) is 9.53 Å². The predicted octanol–water partition coefficient (Wildman–Crippen LogP) is 2.70. The first-order valence-electron chi connectivity index (χ1n) is 5.68. The Morgan fingerprint density at radius 2 is 2.00 bits per heavy atom. The van der Waals surface area contributed by atoms with Gasteiger partial charge in [-0.2, -0.15) is 0 Å². The van der Waals surface area contributed by atoms with Crippen LogP contribution >= 0.6 is 23.2 Å². The van der Waals surface area contributed by atoms with Crippen molar-refractivity contribution >= 4 is 34.8 Å². The Labute approximate surface area is 121 Å². The molecule has 0 spiro atoms. The molecule has 0 saturated carbocycles. The van der Waals surface area contributed by atoms with Gasteiger partial charge >= 0.3 is 0 Å². The molecule has 0 saturated heterocycles. The molecule has 1 amide bonds. The van der Waals surface area contributed by atoms with E-state index in [1.54, 1.807) is 7.11 Å². The van der Waals surface area contributed by atoms with Crippen molar-refractivity contribution in [1.82, 2.24) is 5.32 Å². The average molecular weight is 309 g/mol. The van der Waals surface area contributed by atoms with Gasteiger partial charge in [0.1, 0.15) is 0 Å². The lowest BCUT2D eigenvalue weighted by Crippen LogP contribution is -2.31. The van der Waals surface area contributed by atoms with Crippen LogP contribution in [0.3, 0.4) is 0 Å². The average Bonchev–Trinajstić information content (AvgIpc) is 2.38. The zero-order valence-electron chi connectivity index (χ0n) is 10.4. The summed E-state index contributed by atoms with van der Waals surface area (Å²) in [5.41, 5.74) is 0.489. The normalized spacial score (nSPS) is 10.3. The van der Waals surface area contributed by atoms with E-state index >= 15 is 0 Å². The van der Waals surface area contributed by atoms with Crippen molar-refractivity contribution in [3.8, 4) is 0 Å². The van der Waals surface area contributed by atoms with Crippen LogP contribution < -0.4 is 10.6 Å². The van der Waals surface area contributed by atoms with E-state index in [2.05, 4.69) is 10.6 Å². The molecule has 7 heteroatoms. The van der Waals surface area contributed by atoms with Gasteiger partial charge in [-0.25, -0.2) is 4.39 Å². The second kappa shape index (κ2) is 8.19. The lowest BCUT2D eigenvalue weighted by atomic mass is 10.3. The van der Waals surface area contributed by atoms with Crippen LogP contribution in [0.4, 0.5) is 10.1 Å². The van der Waals surface area contributed by atoms with Crippen LogP contribution in [0, 0.1) is 5.82 Å². The molecule has 0 aliphatic rings. The number of benzene rings is 1. The molecule has 0 heterocycles. The molecular formula is C12H15Cl2FN2O2. The Hall–Kier alpha value is -1.04. The van der Waals surface area contributed by atoms with Crippen LogP contribution in [0.5, 0.6) is 0 Å². The second-order valence-corrected chi connectivity index (χ2v) is 4.62. The van der Waals surface area contributed by atoms with Gasteiger partial charge < -0.3 is 15.4 Å². The van der Waals surface area contributed by atoms with Crippen LogP contribution in [0.1, 0.15) is 6.42 Å². The molecule has 0 aromatic heterocycles. The first kappa shape index (κ1) is 16.0. The smallest absolute Gasteiger partial charge is 0.239 e. The number of rotatable bonds is 7. The Morgan fingerprint density at radius 3 is 2.58 bits per heavy atom. The molecule has 0 aliphatic carbocycles. The summed E-state index contributed by atoms with van der Waals surface area (Å²) in [6, 6.07) is 2.75. The van der Waals surface area contributed by atoms with E-state index in [0.717, 1.165) is 6.42 Å². The maximum Gasteiger partial charge on any atom is 0.239 e. The number of amides is 1. The zero-order valence-corrected chi connectivity index (χ0v) is 11.9. The maximum absolute atomic E-state index is 13.2. The number of carbonyl (C=O) groups is 1. The standard InChI is InChI=1S/C12H15Cl2FN2O2/c1-19-4-2-3-16-11(18)7-17-8-5-9(13)12(15)10(14)6-8/h5-6,17H,2-4,7H2,1H3,(H,16,18). The summed E-state index contributed by atoms with van der Waals surface area (Å²) in [6.07, 6.45) is 0.746. The molecule has 2 N–H and O–H groups in total. The maximum atomic E-state index is 13.2. The van der Waals surface area contributed by atoms with Crippen molar-refractivity contribution in [2.45, 2.75) is 6.42 Å². The first-order valence-corrected chi connectivity index (χ1v) is 6.44. The monoisotopic (exact) mass is 308 g/mol.